The zero-order chi connectivity index (χ0) is 20.1. The molecule has 0 aliphatic carbocycles. The summed E-state index contributed by atoms with van der Waals surface area (Å²) in [6, 6.07) is 10.0. The molecule has 2 N–H and O–H groups in total. The molecule has 0 bridgehead atoms. The first-order chi connectivity index (χ1) is 13.3. The number of hydrogen-bond donors (Lipinski definition) is 2. The van der Waals surface area contributed by atoms with Gasteiger partial charge in [-0.05, 0) is 35.9 Å². The smallest absolute Gasteiger partial charge is 0.364 e. The average molecular weight is 390 g/mol. The van der Waals surface area contributed by atoms with E-state index in [1.54, 1.807) is 12.1 Å². The van der Waals surface area contributed by atoms with Gasteiger partial charge in [0, 0.05) is 24.6 Å². The van der Waals surface area contributed by atoms with Gasteiger partial charge in [0.15, 0.2) is 11.5 Å². The molecule has 9 heteroatoms. The van der Waals surface area contributed by atoms with Crippen molar-refractivity contribution in [3.8, 4) is 0 Å². The summed E-state index contributed by atoms with van der Waals surface area (Å²) >= 11 is 0. The number of amides is 1. The van der Waals surface area contributed by atoms with Crippen LogP contribution in [0.4, 0.5) is 29.1 Å². The van der Waals surface area contributed by atoms with E-state index in [1.807, 2.05) is 0 Å². The Morgan fingerprint density at radius 2 is 1.71 bits per heavy atom. The molecule has 1 amide bonds. The standard InChI is InChI=1S/C19H14F4N4O/c20-14-6-4-12(5-7-14)11-26-17-16(24-8-9-25-17)18(28)27-15-3-1-2-13(10-15)19(21,22)23/h1-10H,11H2,(H,25,26)(H,27,28). The molecule has 0 saturated heterocycles. The van der Waals surface area contributed by atoms with Crippen LogP contribution in [0, 0.1) is 5.82 Å². The lowest BCUT2D eigenvalue weighted by atomic mass is 10.2. The molecule has 0 radical (unpaired) electrons. The third-order valence-corrected chi connectivity index (χ3v) is 3.73. The molecule has 0 saturated carbocycles. The second-order valence-corrected chi connectivity index (χ2v) is 5.77. The molecule has 0 atom stereocenters. The fourth-order valence-electron chi connectivity index (χ4n) is 2.39. The van der Waals surface area contributed by atoms with Crippen molar-refractivity contribution in [2.45, 2.75) is 12.7 Å². The van der Waals surface area contributed by atoms with Crippen LogP contribution in [0.15, 0.2) is 60.9 Å². The molecule has 28 heavy (non-hydrogen) atoms. The molecule has 0 spiro atoms. The molecular weight excluding hydrogens is 376 g/mol. The number of benzene rings is 2. The van der Waals surface area contributed by atoms with Crippen LogP contribution in [0.25, 0.3) is 0 Å². The van der Waals surface area contributed by atoms with Crippen molar-refractivity contribution < 1.29 is 22.4 Å². The number of aromatic nitrogens is 2. The molecule has 144 valence electrons. The van der Waals surface area contributed by atoms with Crippen molar-refractivity contribution in [2.24, 2.45) is 0 Å². The van der Waals surface area contributed by atoms with E-state index in [9.17, 15) is 22.4 Å². The number of halogens is 4. The van der Waals surface area contributed by atoms with Gasteiger partial charge in [-0.1, -0.05) is 18.2 Å². The number of nitrogens with one attached hydrogen (secondary N) is 2. The quantitative estimate of drug-likeness (QED) is 0.630. The van der Waals surface area contributed by atoms with Gasteiger partial charge in [0.2, 0.25) is 0 Å². The third-order valence-electron chi connectivity index (χ3n) is 3.73. The van der Waals surface area contributed by atoms with E-state index in [1.165, 1.54) is 36.7 Å². The summed E-state index contributed by atoms with van der Waals surface area (Å²) < 4.78 is 51.4. The first kappa shape index (κ1) is 19.3. The first-order valence-electron chi connectivity index (χ1n) is 8.11. The van der Waals surface area contributed by atoms with Crippen molar-refractivity contribution in [1.82, 2.24) is 9.97 Å². The monoisotopic (exact) mass is 390 g/mol. The zero-order valence-corrected chi connectivity index (χ0v) is 14.3. The highest BCUT2D eigenvalue weighted by atomic mass is 19.4. The van der Waals surface area contributed by atoms with Crippen LogP contribution in [0.2, 0.25) is 0 Å². The summed E-state index contributed by atoms with van der Waals surface area (Å²) in [4.78, 5) is 20.5. The van der Waals surface area contributed by atoms with E-state index < -0.39 is 17.6 Å². The van der Waals surface area contributed by atoms with Crippen LogP contribution in [-0.4, -0.2) is 15.9 Å². The number of nitrogens with zero attached hydrogens (tertiary/aromatic N) is 2. The Morgan fingerprint density at radius 1 is 1.00 bits per heavy atom. The molecule has 0 unspecified atom stereocenters. The van der Waals surface area contributed by atoms with Gasteiger partial charge in [0.05, 0.1) is 5.56 Å². The van der Waals surface area contributed by atoms with E-state index in [0.29, 0.717) is 0 Å². The van der Waals surface area contributed by atoms with Gasteiger partial charge in [-0.3, -0.25) is 4.79 Å². The minimum absolute atomic E-state index is 0.0186. The minimum atomic E-state index is -4.52. The predicted molar refractivity (Wildman–Crippen MR) is 95.2 cm³/mol. The van der Waals surface area contributed by atoms with Crippen molar-refractivity contribution >= 4 is 17.4 Å². The Balaban J connectivity index is 1.75. The third kappa shape index (κ3) is 4.81. The molecule has 3 rings (SSSR count). The maximum Gasteiger partial charge on any atom is 0.416 e. The maximum absolute atomic E-state index is 13.0. The summed E-state index contributed by atoms with van der Waals surface area (Å²) in [6.07, 6.45) is -1.85. The summed E-state index contributed by atoms with van der Waals surface area (Å²) in [6.45, 7) is 0.253. The van der Waals surface area contributed by atoms with Crippen molar-refractivity contribution in [1.29, 1.82) is 0 Å². The second-order valence-electron chi connectivity index (χ2n) is 5.77. The molecule has 5 nitrogen and oxygen atoms in total. The molecule has 0 aliphatic rings. The molecular formula is C19H14F4N4O. The number of hydrogen-bond acceptors (Lipinski definition) is 4. The van der Waals surface area contributed by atoms with E-state index in [0.717, 1.165) is 17.7 Å². The van der Waals surface area contributed by atoms with Crippen LogP contribution in [0.5, 0.6) is 0 Å². The Hall–Kier alpha value is -3.49. The number of carbonyl (C=O) groups is 1. The summed E-state index contributed by atoms with van der Waals surface area (Å²) in [5, 5.41) is 5.30. The van der Waals surface area contributed by atoms with Gasteiger partial charge in [-0.25, -0.2) is 14.4 Å². The van der Waals surface area contributed by atoms with E-state index in [2.05, 4.69) is 20.6 Å². The summed E-state index contributed by atoms with van der Waals surface area (Å²) in [5.74, 6) is -0.935. The molecule has 3 aromatic rings. The van der Waals surface area contributed by atoms with Crippen molar-refractivity contribution in [3.05, 3.63) is 83.6 Å². The largest absolute Gasteiger partial charge is 0.416 e. The first-order valence-corrected chi connectivity index (χ1v) is 8.11. The summed E-state index contributed by atoms with van der Waals surface area (Å²) in [5.41, 5.74) is -0.229. The van der Waals surface area contributed by atoms with Gasteiger partial charge < -0.3 is 10.6 Å². The molecule has 2 aromatic carbocycles. The van der Waals surface area contributed by atoms with Crippen molar-refractivity contribution in [2.75, 3.05) is 10.6 Å². The average Bonchev–Trinajstić information content (AvgIpc) is 2.67. The van der Waals surface area contributed by atoms with Gasteiger partial charge in [0.25, 0.3) is 5.91 Å². The SMILES string of the molecule is O=C(Nc1cccc(C(F)(F)F)c1)c1nccnc1NCc1ccc(F)cc1. The maximum atomic E-state index is 13.0. The van der Waals surface area contributed by atoms with Crippen molar-refractivity contribution in [3.63, 3.8) is 0 Å². The highest BCUT2D eigenvalue weighted by Crippen LogP contribution is 2.30. The second kappa shape index (κ2) is 8.03. The fourth-order valence-corrected chi connectivity index (χ4v) is 2.39. The molecule has 1 heterocycles. The lowest BCUT2D eigenvalue weighted by Gasteiger charge is -2.12. The Labute approximate surface area is 157 Å². The van der Waals surface area contributed by atoms with Crippen LogP contribution in [0.1, 0.15) is 21.6 Å². The topological polar surface area (TPSA) is 66.9 Å². The highest BCUT2D eigenvalue weighted by Gasteiger charge is 2.30. The van der Waals surface area contributed by atoms with Gasteiger partial charge in [0.1, 0.15) is 5.82 Å². The van der Waals surface area contributed by atoms with Gasteiger partial charge >= 0.3 is 6.18 Å². The number of rotatable bonds is 5. The predicted octanol–water partition coefficient (Wildman–Crippen LogP) is 4.50. The van der Waals surface area contributed by atoms with Crippen LogP contribution in [-0.2, 0) is 12.7 Å². The highest BCUT2D eigenvalue weighted by molar-refractivity contribution is 6.05. The van der Waals surface area contributed by atoms with E-state index >= 15 is 0 Å². The number of anilines is 2. The lowest BCUT2D eigenvalue weighted by Crippen LogP contribution is -2.18. The van der Waals surface area contributed by atoms with Crippen LogP contribution in [0.3, 0.4) is 0 Å². The van der Waals surface area contributed by atoms with Crippen LogP contribution >= 0.6 is 0 Å². The molecule has 1 aromatic heterocycles. The van der Waals surface area contributed by atoms with Crippen LogP contribution < -0.4 is 10.6 Å². The Bertz CT molecular complexity index is 974. The summed E-state index contributed by atoms with van der Waals surface area (Å²) in [7, 11) is 0. The lowest BCUT2D eigenvalue weighted by molar-refractivity contribution is -0.137. The number of carbonyl (C=O) groups excluding carboxylic acids is 1. The fraction of sp³-hybridized carbons (Fsp3) is 0.105. The molecule has 0 fully saturated rings. The number of alkyl halides is 3. The van der Waals surface area contributed by atoms with Gasteiger partial charge in [-0.2, -0.15) is 13.2 Å². The normalized spacial score (nSPS) is 11.1. The van der Waals surface area contributed by atoms with Gasteiger partial charge in [-0.15, -0.1) is 0 Å². The van der Waals surface area contributed by atoms with E-state index in [4.69, 9.17) is 0 Å². The minimum Gasteiger partial charge on any atom is -0.364 e. The Kier molecular flexibility index (Phi) is 5.53. The zero-order valence-electron chi connectivity index (χ0n) is 14.3. The van der Waals surface area contributed by atoms with E-state index in [-0.39, 0.29) is 29.6 Å². The molecule has 0 aliphatic heterocycles. The Morgan fingerprint density at radius 3 is 2.43 bits per heavy atom.